The minimum atomic E-state index is 0.289. The molecule has 5 heteroatoms. The predicted octanol–water partition coefficient (Wildman–Crippen LogP) is 2.49. The molecule has 0 spiro atoms. The van der Waals surface area contributed by atoms with Crippen molar-refractivity contribution in [2.75, 3.05) is 40.0 Å². The van der Waals surface area contributed by atoms with E-state index in [2.05, 4.69) is 34.8 Å². The minimum Gasteiger partial charge on any atom is -0.497 e. The maximum atomic E-state index is 5.88. The van der Waals surface area contributed by atoms with E-state index in [4.69, 9.17) is 14.2 Å². The third-order valence-corrected chi connectivity index (χ3v) is 4.25. The van der Waals surface area contributed by atoms with E-state index in [0.717, 1.165) is 37.8 Å². The molecule has 2 aromatic rings. The van der Waals surface area contributed by atoms with Gasteiger partial charge in [0.05, 0.1) is 26.4 Å². The van der Waals surface area contributed by atoms with E-state index < -0.39 is 0 Å². The molecule has 3 rings (SSSR count). The van der Waals surface area contributed by atoms with Crippen molar-refractivity contribution in [2.24, 2.45) is 7.05 Å². The highest BCUT2D eigenvalue weighted by Gasteiger charge is 2.25. The molecule has 1 atom stereocenters. The van der Waals surface area contributed by atoms with E-state index in [1.165, 1.54) is 5.69 Å². The summed E-state index contributed by atoms with van der Waals surface area (Å²) in [6.45, 7) is 3.96. The molecule has 0 bridgehead atoms. The smallest absolute Gasteiger partial charge is 0.123 e. The number of hydrogen-bond donors (Lipinski definition) is 0. The summed E-state index contributed by atoms with van der Waals surface area (Å²) >= 11 is 0. The Morgan fingerprint density at radius 2 is 2.09 bits per heavy atom. The fourth-order valence-electron chi connectivity index (χ4n) is 2.97. The normalized spacial score (nSPS) is 18.8. The first-order chi connectivity index (χ1) is 11.3. The number of nitrogens with zero attached hydrogens (tertiary/aromatic N) is 2. The van der Waals surface area contributed by atoms with Crippen molar-refractivity contribution in [1.29, 1.82) is 0 Å². The van der Waals surface area contributed by atoms with Gasteiger partial charge in [-0.3, -0.25) is 4.90 Å². The molecule has 0 radical (unpaired) electrons. The monoisotopic (exact) mass is 316 g/mol. The molecular formula is C18H24N2O3. The van der Waals surface area contributed by atoms with Crippen LogP contribution in [0.3, 0.4) is 0 Å². The molecule has 2 heterocycles. The molecule has 0 N–H and O–H groups in total. The molecule has 1 aromatic carbocycles. The zero-order valence-electron chi connectivity index (χ0n) is 13.8. The van der Waals surface area contributed by atoms with Gasteiger partial charge in [-0.1, -0.05) is 6.07 Å². The Bertz CT molecular complexity index is 626. The molecule has 0 amide bonds. The highest BCUT2D eigenvalue weighted by molar-refractivity contribution is 5.32. The highest BCUT2D eigenvalue weighted by Crippen LogP contribution is 2.24. The lowest BCUT2D eigenvalue weighted by Crippen LogP contribution is -2.42. The van der Waals surface area contributed by atoms with Crippen molar-refractivity contribution >= 4 is 0 Å². The number of morpholine rings is 1. The van der Waals surface area contributed by atoms with Crippen LogP contribution in [0, 0.1) is 0 Å². The molecule has 23 heavy (non-hydrogen) atoms. The van der Waals surface area contributed by atoms with Gasteiger partial charge in [-0.05, 0) is 24.3 Å². The van der Waals surface area contributed by atoms with Crippen LogP contribution in [0.5, 0.6) is 11.5 Å². The zero-order chi connectivity index (χ0) is 16.1. The van der Waals surface area contributed by atoms with Crippen LogP contribution in [0.15, 0.2) is 42.6 Å². The number of rotatable bonds is 6. The second-order valence-electron chi connectivity index (χ2n) is 5.70. The summed E-state index contributed by atoms with van der Waals surface area (Å²) in [6, 6.07) is 12.3. The van der Waals surface area contributed by atoms with Crippen LogP contribution in [0.25, 0.3) is 0 Å². The summed E-state index contributed by atoms with van der Waals surface area (Å²) in [4.78, 5) is 2.43. The Morgan fingerprint density at radius 3 is 2.87 bits per heavy atom. The van der Waals surface area contributed by atoms with E-state index in [1.54, 1.807) is 7.11 Å². The average molecular weight is 316 g/mol. The second kappa shape index (κ2) is 7.53. The summed E-state index contributed by atoms with van der Waals surface area (Å²) in [5.41, 5.74) is 1.28. The van der Waals surface area contributed by atoms with Gasteiger partial charge in [-0.15, -0.1) is 0 Å². The topological polar surface area (TPSA) is 35.9 Å². The van der Waals surface area contributed by atoms with Crippen LogP contribution in [-0.2, 0) is 11.8 Å². The van der Waals surface area contributed by atoms with Gasteiger partial charge in [0.25, 0.3) is 0 Å². The van der Waals surface area contributed by atoms with Gasteiger partial charge in [-0.2, -0.15) is 0 Å². The first-order valence-electron chi connectivity index (χ1n) is 7.98. The van der Waals surface area contributed by atoms with E-state index in [1.807, 2.05) is 24.3 Å². The Hall–Kier alpha value is -1.98. The molecule has 1 saturated heterocycles. The van der Waals surface area contributed by atoms with Crippen LogP contribution in [0.2, 0.25) is 0 Å². The first-order valence-corrected chi connectivity index (χ1v) is 7.98. The number of methoxy groups -OCH3 is 1. The molecule has 5 nitrogen and oxygen atoms in total. The molecule has 1 aliphatic heterocycles. The van der Waals surface area contributed by atoms with Crippen molar-refractivity contribution in [3.05, 3.63) is 48.3 Å². The predicted molar refractivity (Wildman–Crippen MR) is 89.0 cm³/mol. The van der Waals surface area contributed by atoms with E-state index in [-0.39, 0.29) is 6.04 Å². The molecule has 1 fully saturated rings. The SMILES string of the molecule is COc1cccc(OCCN2CCOCC2c2cccn2C)c1. The Morgan fingerprint density at radius 1 is 1.22 bits per heavy atom. The minimum absolute atomic E-state index is 0.289. The maximum absolute atomic E-state index is 5.88. The fraction of sp³-hybridized carbons (Fsp3) is 0.444. The van der Waals surface area contributed by atoms with Gasteiger partial charge in [-0.25, -0.2) is 0 Å². The number of benzene rings is 1. The van der Waals surface area contributed by atoms with Crippen molar-refractivity contribution in [3.8, 4) is 11.5 Å². The highest BCUT2D eigenvalue weighted by atomic mass is 16.5. The Labute approximate surface area is 137 Å². The van der Waals surface area contributed by atoms with Crippen LogP contribution >= 0.6 is 0 Å². The second-order valence-corrected chi connectivity index (χ2v) is 5.70. The summed E-state index contributed by atoms with van der Waals surface area (Å²) < 4.78 is 18.9. The maximum Gasteiger partial charge on any atom is 0.123 e. The summed E-state index contributed by atoms with van der Waals surface area (Å²) in [5, 5.41) is 0. The third-order valence-electron chi connectivity index (χ3n) is 4.25. The first kappa shape index (κ1) is 15.9. The molecule has 1 unspecified atom stereocenters. The van der Waals surface area contributed by atoms with Gasteiger partial charge in [0.2, 0.25) is 0 Å². The lowest BCUT2D eigenvalue weighted by Gasteiger charge is -2.35. The van der Waals surface area contributed by atoms with Crippen molar-refractivity contribution < 1.29 is 14.2 Å². The lowest BCUT2D eigenvalue weighted by molar-refractivity contribution is -0.0156. The van der Waals surface area contributed by atoms with E-state index in [9.17, 15) is 0 Å². The molecule has 124 valence electrons. The molecular weight excluding hydrogens is 292 g/mol. The van der Waals surface area contributed by atoms with Gasteiger partial charge in [0.15, 0.2) is 0 Å². The molecule has 0 aliphatic carbocycles. The third kappa shape index (κ3) is 3.86. The average Bonchev–Trinajstić information content (AvgIpc) is 3.01. The van der Waals surface area contributed by atoms with Gasteiger partial charge >= 0.3 is 0 Å². The zero-order valence-corrected chi connectivity index (χ0v) is 13.8. The summed E-state index contributed by atoms with van der Waals surface area (Å²) in [7, 11) is 3.74. The van der Waals surface area contributed by atoms with E-state index in [0.29, 0.717) is 6.61 Å². The fourth-order valence-corrected chi connectivity index (χ4v) is 2.97. The Balaban J connectivity index is 1.58. The van der Waals surface area contributed by atoms with Gasteiger partial charge in [0, 0.05) is 38.1 Å². The quantitative estimate of drug-likeness (QED) is 0.820. The Kier molecular flexibility index (Phi) is 5.20. The summed E-state index contributed by atoms with van der Waals surface area (Å²) in [5.74, 6) is 1.66. The molecule has 0 saturated carbocycles. The van der Waals surface area contributed by atoms with Crippen LogP contribution in [0.1, 0.15) is 11.7 Å². The molecule has 1 aliphatic rings. The van der Waals surface area contributed by atoms with Crippen molar-refractivity contribution in [2.45, 2.75) is 6.04 Å². The summed E-state index contributed by atoms with van der Waals surface area (Å²) in [6.07, 6.45) is 2.08. The number of aromatic nitrogens is 1. The number of hydrogen-bond acceptors (Lipinski definition) is 4. The van der Waals surface area contributed by atoms with Gasteiger partial charge in [0.1, 0.15) is 18.1 Å². The largest absolute Gasteiger partial charge is 0.497 e. The lowest BCUT2D eigenvalue weighted by atomic mass is 10.1. The van der Waals surface area contributed by atoms with Crippen LogP contribution in [-0.4, -0.2) is 49.5 Å². The molecule has 1 aromatic heterocycles. The van der Waals surface area contributed by atoms with Crippen molar-refractivity contribution in [3.63, 3.8) is 0 Å². The van der Waals surface area contributed by atoms with E-state index >= 15 is 0 Å². The van der Waals surface area contributed by atoms with Crippen LogP contribution < -0.4 is 9.47 Å². The standard InChI is InChI=1S/C18H24N2O3/c1-19-8-4-7-17(19)18-14-22-11-9-20(18)10-12-23-16-6-3-5-15(13-16)21-2/h3-8,13,18H,9-12,14H2,1-2H3. The van der Waals surface area contributed by atoms with Crippen molar-refractivity contribution in [1.82, 2.24) is 9.47 Å². The van der Waals surface area contributed by atoms with Crippen LogP contribution in [0.4, 0.5) is 0 Å². The van der Waals surface area contributed by atoms with Gasteiger partial charge < -0.3 is 18.8 Å². The number of ether oxygens (including phenoxy) is 3. The number of aryl methyl sites for hydroxylation is 1.